The number of likely N-dealkylation sites (tertiary alicyclic amines) is 1. The van der Waals surface area contributed by atoms with E-state index in [2.05, 4.69) is 9.97 Å². The molecule has 0 unspecified atom stereocenters. The fraction of sp³-hybridized carbons (Fsp3) is 0.643. The third kappa shape index (κ3) is 4.64. The topological polar surface area (TPSA) is 72.4 Å². The van der Waals surface area contributed by atoms with E-state index in [0.717, 1.165) is 0 Å². The molecule has 1 aromatic rings. The molecule has 0 bridgehead atoms. The Bertz CT molecular complexity index is 551. The lowest BCUT2D eigenvalue weighted by Crippen LogP contribution is -2.43. The van der Waals surface area contributed by atoms with Crippen molar-refractivity contribution in [2.75, 3.05) is 13.1 Å². The van der Waals surface area contributed by atoms with Gasteiger partial charge in [-0.25, -0.2) is 14.8 Å². The number of amides is 1. The minimum absolute atomic E-state index is 0.0557. The molecule has 0 N–H and O–H groups in total. The summed E-state index contributed by atoms with van der Waals surface area (Å²) in [6.45, 7) is 6.57. The summed E-state index contributed by atoms with van der Waals surface area (Å²) in [5.74, 6) is 0. The maximum Gasteiger partial charge on any atom is 0.410 e. The number of ether oxygens (including phenoxy) is 1. The van der Waals surface area contributed by atoms with Crippen LogP contribution in [0.25, 0.3) is 0 Å². The van der Waals surface area contributed by atoms with Crippen LogP contribution in [0, 0.1) is 0 Å². The van der Waals surface area contributed by atoms with Crippen molar-refractivity contribution in [2.24, 2.45) is 0 Å². The smallest absolute Gasteiger partial charge is 0.410 e. The van der Waals surface area contributed by atoms with Crippen LogP contribution in [0.5, 0.6) is 0 Å². The maximum atomic E-state index is 12.4. The lowest BCUT2D eigenvalue weighted by Gasteiger charge is -2.32. The zero-order valence-electron chi connectivity index (χ0n) is 12.9. The first-order valence-corrected chi connectivity index (χ1v) is 8.71. The molecule has 1 saturated heterocycles. The Morgan fingerprint density at radius 3 is 2.36 bits per heavy atom. The van der Waals surface area contributed by atoms with E-state index in [-0.39, 0.29) is 11.3 Å². The zero-order valence-corrected chi connectivity index (χ0v) is 14.5. The van der Waals surface area contributed by atoms with Gasteiger partial charge in [0.15, 0.2) is 0 Å². The van der Waals surface area contributed by atoms with E-state index in [1.165, 1.54) is 12.4 Å². The minimum Gasteiger partial charge on any atom is -0.444 e. The number of aromatic nitrogens is 2. The van der Waals surface area contributed by atoms with Gasteiger partial charge in [-0.15, -0.1) is 0 Å². The van der Waals surface area contributed by atoms with Crippen molar-refractivity contribution in [3.63, 3.8) is 0 Å². The Labute approximate surface area is 137 Å². The second kappa shape index (κ2) is 6.91. The van der Waals surface area contributed by atoms with Crippen molar-refractivity contribution < 1.29 is 13.7 Å². The molecule has 1 aliphatic heterocycles. The van der Waals surface area contributed by atoms with E-state index in [4.69, 9.17) is 16.3 Å². The summed E-state index contributed by atoms with van der Waals surface area (Å²) < 4.78 is 17.8. The highest BCUT2D eigenvalue weighted by Gasteiger charge is 2.30. The third-order valence-electron chi connectivity index (χ3n) is 3.17. The second-order valence-corrected chi connectivity index (χ2v) is 8.21. The van der Waals surface area contributed by atoms with Gasteiger partial charge in [0, 0.05) is 18.3 Å². The molecule has 1 atom stereocenters. The standard InChI is InChI=1S/C14H20ClN3O3S/c1-14(2,3)21-13(19)18-6-4-11(5-7-18)22(20)12-16-8-10(15)9-17-12/h8-9,11H,4-7H2,1-3H3/t22-/m0/s1. The SMILES string of the molecule is CC(C)(C)OC(=O)N1CCC([S@](=O)c2ncc(Cl)cn2)CC1. The van der Waals surface area contributed by atoms with Gasteiger partial charge in [0.25, 0.3) is 0 Å². The van der Waals surface area contributed by atoms with Gasteiger partial charge in [-0.05, 0) is 33.6 Å². The summed E-state index contributed by atoms with van der Waals surface area (Å²) in [7, 11) is -1.28. The van der Waals surface area contributed by atoms with Gasteiger partial charge in [0.2, 0.25) is 5.16 Å². The number of halogens is 1. The molecular formula is C14H20ClN3O3S. The summed E-state index contributed by atoms with van der Waals surface area (Å²) in [5, 5.41) is 0.653. The van der Waals surface area contributed by atoms with Gasteiger partial charge >= 0.3 is 6.09 Å². The Kier molecular flexibility index (Phi) is 5.39. The number of hydrogen-bond donors (Lipinski definition) is 0. The molecule has 1 aliphatic rings. The molecule has 122 valence electrons. The van der Waals surface area contributed by atoms with Crippen molar-refractivity contribution >= 4 is 28.5 Å². The van der Waals surface area contributed by atoms with Crippen LogP contribution in [0.1, 0.15) is 33.6 Å². The molecule has 0 aromatic carbocycles. The number of carbonyl (C=O) groups is 1. The Morgan fingerprint density at radius 1 is 1.32 bits per heavy atom. The Balaban J connectivity index is 1.90. The highest BCUT2D eigenvalue weighted by Crippen LogP contribution is 2.21. The molecule has 0 saturated carbocycles. The molecule has 1 amide bonds. The molecule has 22 heavy (non-hydrogen) atoms. The Morgan fingerprint density at radius 2 is 1.86 bits per heavy atom. The molecule has 0 spiro atoms. The van der Waals surface area contributed by atoms with Crippen molar-refractivity contribution in [2.45, 2.75) is 49.6 Å². The highest BCUT2D eigenvalue weighted by atomic mass is 35.5. The summed E-state index contributed by atoms with van der Waals surface area (Å²) in [6, 6.07) is 0. The molecule has 2 heterocycles. The van der Waals surface area contributed by atoms with E-state index in [1.807, 2.05) is 20.8 Å². The lowest BCUT2D eigenvalue weighted by molar-refractivity contribution is 0.0218. The molecule has 2 rings (SSSR count). The first-order chi connectivity index (χ1) is 10.3. The van der Waals surface area contributed by atoms with Crippen molar-refractivity contribution in [3.05, 3.63) is 17.4 Å². The fourth-order valence-corrected chi connectivity index (χ4v) is 3.48. The van der Waals surface area contributed by atoms with Gasteiger partial charge in [0.1, 0.15) is 5.60 Å². The quantitative estimate of drug-likeness (QED) is 0.770. The van der Waals surface area contributed by atoms with Gasteiger partial charge in [-0.2, -0.15) is 0 Å². The van der Waals surface area contributed by atoms with Crippen molar-refractivity contribution in [1.29, 1.82) is 0 Å². The summed E-state index contributed by atoms with van der Waals surface area (Å²) in [4.78, 5) is 21.7. The lowest BCUT2D eigenvalue weighted by atomic mass is 10.1. The monoisotopic (exact) mass is 345 g/mol. The number of nitrogens with zero attached hydrogens (tertiary/aromatic N) is 3. The van der Waals surface area contributed by atoms with Crippen LogP contribution >= 0.6 is 11.6 Å². The molecule has 0 radical (unpaired) electrons. The van der Waals surface area contributed by atoms with Crippen molar-refractivity contribution in [1.82, 2.24) is 14.9 Å². The van der Waals surface area contributed by atoms with Crippen LogP contribution in [-0.4, -0.2) is 49.1 Å². The summed E-state index contributed by atoms with van der Waals surface area (Å²) in [5.41, 5.74) is -0.506. The number of piperidine rings is 1. The van der Waals surface area contributed by atoms with Gasteiger partial charge < -0.3 is 9.64 Å². The van der Waals surface area contributed by atoms with Gasteiger partial charge in [-0.3, -0.25) is 4.21 Å². The zero-order chi connectivity index (χ0) is 16.3. The van der Waals surface area contributed by atoms with Gasteiger partial charge in [0.05, 0.1) is 28.2 Å². The van der Waals surface area contributed by atoms with E-state index in [9.17, 15) is 9.00 Å². The number of carbonyl (C=O) groups excluding carboxylic acids is 1. The van der Waals surface area contributed by atoms with E-state index in [1.54, 1.807) is 4.90 Å². The first kappa shape index (κ1) is 17.1. The van der Waals surface area contributed by atoms with Crippen LogP contribution in [0.15, 0.2) is 17.6 Å². The highest BCUT2D eigenvalue weighted by molar-refractivity contribution is 7.85. The van der Waals surface area contributed by atoms with Gasteiger partial charge in [-0.1, -0.05) is 11.6 Å². The van der Waals surface area contributed by atoms with Crippen LogP contribution < -0.4 is 0 Å². The van der Waals surface area contributed by atoms with E-state index in [0.29, 0.717) is 36.1 Å². The van der Waals surface area contributed by atoms with E-state index < -0.39 is 16.4 Å². The number of rotatable bonds is 2. The fourth-order valence-electron chi connectivity index (χ4n) is 2.13. The average Bonchev–Trinajstić information content (AvgIpc) is 2.46. The first-order valence-electron chi connectivity index (χ1n) is 7.12. The average molecular weight is 346 g/mol. The molecule has 8 heteroatoms. The third-order valence-corrected chi connectivity index (χ3v) is 5.02. The normalized spacial score (nSPS) is 18.1. The molecule has 1 fully saturated rings. The number of hydrogen-bond acceptors (Lipinski definition) is 5. The van der Waals surface area contributed by atoms with E-state index >= 15 is 0 Å². The Hall–Kier alpha value is -1.21. The molecule has 6 nitrogen and oxygen atoms in total. The minimum atomic E-state index is -1.28. The molecule has 1 aromatic heterocycles. The van der Waals surface area contributed by atoms with Crippen molar-refractivity contribution in [3.8, 4) is 0 Å². The summed E-state index contributed by atoms with van der Waals surface area (Å²) >= 11 is 5.73. The predicted molar refractivity (Wildman–Crippen MR) is 84.3 cm³/mol. The molecular weight excluding hydrogens is 326 g/mol. The summed E-state index contributed by atoms with van der Waals surface area (Å²) in [6.07, 6.45) is 3.84. The van der Waals surface area contributed by atoms with Crippen LogP contribution in [0.4, 0.5) is 4.79 Å². The maximum absolute atomic E-state index is 12.4. The van der Waals surface area contributed by atoms with Crippen LogP contribution in [-0.2, 0) is 15.5 Å². The predicted octanol–water partition coefficient (Wildman–Crippen LogP) is 2.64. The van der Waals surface area contributed by atoms with Crippen LogP contribution in [0.2, 0.25) is 5.02 Å². The second-order valence-electron chi connectivity index (χ2n) is 6.15. The van der Waals surface area contributed by atoms with Crippen LogP contribution in [0.3, 0.4) is 0 Å². The molecule has 0 aliphatic carbocycles. The largest absolute Gasteiger partial charge is 0.444 e.